The summed E-state index contributed by atoms with van der Waals surface area (Å²) in [6.07, 6.45) is -0.749. The van der Waals surface area contributed by atoms with Crippen LogP contribution in [0.2, 0.25) is 10.0 Å². The van der Waals surface area contributed by atoms with E-state index in [-0.39, 0.29) is 0 Å². The van der Waals surface area contributed by atoms with Crippen molar-refractivity contribution in [1.29, 1.82) is 5.26 Å². The van der Waals surface area contributed by atoms with Crippen molar-refractivity contribution in [2.45, 2.75) is 6.10 Å². The molecule has 2 N–H and O–H groups in total. The minimum atomic E-state index is -0.749. The highest BCUT2D eigenvalue weighted by molar-refractivity contribution is 6.31. The highest BCUT2D eigenvalue weighted by Crippen LogP contribution is 2.29. The molecule has 0 saturated heterocycles. The van der Waals surface area contributed by atoms with Gasteiger partial charge < -0.3 is 10.5 Å². The number of hydrogen-bond donors (Lipinski definition) is 1. The zero-order valence-corrected chi connectivity index (χ0v) is 11.3. The Kier molecular flexibility index (Phi) is 4.16. The third-order valence-electron chi connectivity index (χ3n) is 2.51. The van der Waals surface area contributed by atoms with Crippen LogP contribution in [0, 0.1) is 11.3 Å². The van der Waals surface area contributed by atoms with Crippen LogP contribution in [-0.4, -0.2) is 0 Å². The summed E-state index contributed by atoms with van der Waals surface area (Å²) < 4.78 is 5.59. The lowest BCUT2D eigenvalue weighted by Crippen LogP contribution is -2.06. The van der Waals surface area contributed by atoms with Crippen molar-refractivity contribution >= 4 is 28.9 Å². The van der Waals surface area contributed by atoms with Crippen LogP contribution in [-0.2, 0) is 0 Å². The molecule has 0 spiro atoms. The molecule has 96 valence electrons. The fourth-order valence-electron chi connectivity index (χ4n) is 1.56. The fraction of sp³-hybridized carbons (Fsp3) is 0.0714. The molecule has 19 heavy (non-hydrogen) atoms. The molecule has 1 atom stereocenters. The van der Waals surface area contributed by atoms with Crippen molar-refractivity contribution in [2.75, 3.05) is 5.73 Å². The lowest BCUT2D eigenvalue weighted by molar-refractivity contribution is 0.264. The van der Waals surface area contributed by atoms with E-state index in [9.17, 15) is 5.26 Å². The zero-order chi connectivity index (χ0) is 13.8. The van der Waals surface area contributed by atoms with Gasteiger partial charge in [-0.3, -0.25) is 0 Å². The van der Waals surface area contributed by atoms with Gasteiger partial charge in [-0.25, -0.2) is 0 Å². The first kappa shape index (κ1) is 13.5. The molecule has 2 aromatic carbocycles. The van der Waals surface area contributed by atoms with E-state index in [4.69, 9.17) is 33.7 Å². The Morgan fingerprint density at radius 3 is 2.26 bits per heavy atom. The molecular weight excluding hydrogens is 283 g/mol. The summed E-state index contributed by atoms with van der Waals surface area (Å²) in [5.74, 6) is 0.422. The van der Waals surface area contributed by atoms with Gasteiger partial charge in [-0.15, -0.1) is 0 Å². The van der Waals surface area contributed by atoms with Gasteiger partial charge in [0.15, 0.2) is 0 Å². The second-order valence-corrected chi connectivity index (χ2v) is 4.73. The van der Waals surface area contributed by atoms with Gasteiger partial charge in [0.25, 0.3) is 0 Å². The predicted molar refractivity (Wildman–Crippen MR) is 76.3 cm³/mol. The molecule has 0 radical (unpaired) electrons. The first-order valence-electron chi connectivity index (χ1n) is 5.47. The molecule has 0 aliphatic heterocycles. The molecule has 3 nitrogen and oxygen atoms in total. The Bertz CT molecular complexity index is 620. The molecule has 0 aliphatic carbocycles. The molecule has 0 saturated carbocycles. The zero-order valence-electron chi connectivity index (χ0n) is 9.81. The molecular formula is C14H10Cl2N2O. The summed E-state index contributed by atoms with van der Waals surface area (Å²) in [4.78, 5) is 0. The van der Waals surface area contributed by atoms with Gasteiger partial charge in [0, 0.05) is 15.6 Å². The smallest absolute Gasteiger partial charge is 0.209 e. The van der Waals surface area contributed by atoms with Crippen LogP contribution < -0.4 is 10.5 Å². The molecule has 5 heteroatoms. The Labute approximate surface area is 121 Å². The largest absolute Gasteiger partial charge is 0.469 e. The highest BCUT2D eigenvalue weighted by atomic mass is 35.5. The molecule has 0 aliphatic rings. The van der Waals surface area contributed by atoms with E-state index in [0.29, 0.717) is 27.0 Å². The van der Waals surface area contributed by atoms with Gasteiger partial charge in [-0.05, 0) is 30.3 Å². The summed E-state index contributed by atoms with van der Waals surface area (Å²) in [6, 6.07) is 13.8. The molecule has 0 amide bonds. The number of benzene rings is 2. The number of anilines is 1. The van der Waals surface area contributed by atoms with Gasteiger partial charge >= 0.3 is 0 Å². The number of ether oxygens (including phenoxy) is 1. The van der Waals surface area contributed by atoms with E-state index >= 15 is 0 Å². The number of nitrogen functional groups attached to an aromatic ring is 1. The standard InChI is InChI=1S/C14H10Cl2N2O/c15-10-3-1-9(2-4-10)14(8-17)19-13-6-5-11(16)7-12(13)18/h1-7,14H,18H2. The second kappa shape index (κ2) is 5.83. The van der Waals surface area contributed by atoms with Gasteiger partial charge in [-0.1, -0.05) is 35.3 Å². The fourth-order valence-corrected chi connectivity index (χ4v) is 1.87. The average molecular weight is 293 g/mol. The number of halogens is 2. The molecule has 1 unspecified atom stereocenters. The minimum Gasteiger partial charge on any atom is -0.469 e. The van der Waals surface area contributed by atoms with E-state index in [0.717, 1.165) is 0 Å². The number of nitriles is 1. The monoisotopic (exact) mass is 292 g/mol. The summed E-state index contributed by atoms with van der Waals surface area (Å²) in [7, 11) is 0. The first-order valence-corrected chi connectivity index (χ1v) is 6.22. The van der Waals surface area contributed by atoms with E-state index in [1.54, 1.807) is 42.5 Å². The van der Waals surface area contributed by atoms with E-state index in [1.165, 1.54) is 0 Å². The number of nitrogens with two attached hydrogens (primary N) is 1. The molecule has 0 heterocycles. The van der Waals surface area contributed by atoms with Crippen molar-refractivity contribution in [3.05, 3.63) is 58.1 Å². The Morgan fingerprint density at radius 1 is 1.05 bits per heavy atom. The quantitative estimate of drug-likeness (QED) is 0.862. The summed E-state index contributed by atoms with van der Waals surface area (Å²) in [5, 5.41) is 10.3. The second-order valence-electron chi connectivity index (χ2n) is 3.86. The third-order valence-corrected chi connectivity index (χ3v) is 2.99. The van der Waals surface area contributed by atoms with Crippen molar-refractivity contribution in [2.24, 2.45) is 0 Å². The van der Waals surface area contributed by atoms with Crippen molar-refractivity contribution in [1.82, 2.24) is 0 Å². The van der Waals surface area contributed by atoms with Crippen molar-refractivity contribution in [3.8, 4) is 11.8 Å². The summed E-state index contributed by atoms with van der Waals surface area (Å²) in [5.41, 5.74) is 6.89. The Balaban J connectivity index is 2.24. The molecule has 0 bridgehead atoms. The molecule has 2 rings (SSSR count). The topological polar surface area (TPSA) is 59.0 Å². The van der Waals surface area contributed by atoms with Crippen LogP contribution >= 0.6 is 23.2 Å². The normalized spacial score (nSPS) is 11.6. The highest BCUT2D eigenvalue weighted by Gasteiger charge is 2.14. The van der Waals surface area contributed by atoms with Gasteiger partial charge in [0.1, 0.15) is 11.8 Å². The summed E-state index contributed by atoms with van der Waals surface area (Å²) in [6.45, 7) is 0. The Morgan fingerprint density at radius 2 is 1.68 bits per heavy atom. The molecule has 2 aromatic rings. The van der Waals surface area contributed by atoms with Crippen LogP contribution in [0.3, 0.4) is 0 Å². The number of rotatable bonds is 3. The van der Waals surface area contributed by atoms with Gasteiger partial charge in [0.2, 0.25) is 6.10 Å². The Hall–Kier alpha value is -1.89. The molecule has 0 fully saturated rings. The lowest BCUT2D eigenvalue weighted by Gasteiger charge is -2.14. The van der Waals surface area contributed by atoms with E-state index in [1.807, 2.05) is 0 Å². The SMILES string of the molecule is N#CC(Oc1ccc(Cl)cc1N)c1ccc(Cl)cc1. The van der Waals surface area contributed by atoms with E-state index in [2.05, 4.69) is 6.07 Å². The average Bonchev–Trinajstić information content (AvgIpc) is 2.39. The van der Waals surface area contributed by atoms with Crippen LogP contribution in [0.5, 0.6) is 5.75 Å². The maximum Gasteiger partial charge on any atom is 0.209 e. The van der Waals surface area contributed by atoms with Gasteiger partial charge in [0.05, 0.1) is 5.69 Å². The van der Waals surface area contributed by atoms with Gasteiger partial charge in [-0.2, -0.15) is 5.26 Å². The number of nitrogens with zero attached hydrogens (tertiary/aromatic N) is 1. The predicted octanol–water partition coefficient (Wildman–Crippen LogP) is 4.22. The van der Waals surface area contributed by atoms with Crippen LogP contribution in [0.1, 0.15) is 11.7 Å². The van der Waals surface area contributed by atoms with Crippen LogP contribution in [0.4, 0.5) is 5.69 Å². The van der Waals surface area contributed by atoms with Crippen LogP contribution in [0.25, 0.3) is 0 Å². The number of hydrogen-bond acceptors (Lipinski definition) is 3. The lowest BCUT2D eigenvalue weighted by atomic mass is 10.1. The maximum atomic E-state index is 9.18. The van der Waals surface area contributed by atoms with Crippen molar-refractivity contribution < 1.29 is 4.74 Å². The molecule has 0 aromatic heterocycles. The van der Waals surface area contributed by atoms with Crippen LogP contribution in [0.15, 0.2) is 42.5 Å². The van der Waals surface area contributed by atoms with Crippen molar-refractivity contribution in [3.63, 3.8) is 0 Å². The van der Waals surface area contributed by atoms with E-state index < -0.39 is 6.10 Å². The maximum absolute atomic E-state index is 9.18. The first-order chi connectivity index (χ1) is 9.10. The summed E-state index contributed by atoms with van der Waals surface area (Å²) >= 11 is 11.6. The third kappa shape index (κ3) is 3.31. The minimum absolute atomic E-state index is 0.390.